The summed E-state index contributed by atoms with van der Waals surface area (Å²) in [5.41, 5.74) is -0.0491. The third-order valence-electron chi connectivity index (χ3n) is 4.14. The summed E-state index contributed by atoms with van der Waals surface area (Å²) in [6.07, 6.45) is 2.18. The van der Waals surface area contributed by atoms with Crippen LogP contribution in [-0.4, -0.2) is 82.7 Å². The molecule has 0 aliphatic carbocycles. The molecule has 0 saturated carbocycles. The molecule has 26 heavy (non-hydrogen) atoms. The molecule has 0 amide bonds. The summed E-state index contributed by atoms with van der Waals surface area (Å²) in [5.74, 6) is 0. The lowest BCUT2D eigenvalue weighted by atomic mass is 10.2. The van der Waals surface area contributed by atoms with E-state index in [1.165, 1.54) is 22.7 Å². The van der Waals surface area contributed by atoms with E-state index in [-0.39, 0.29) is 16.3 Å². The van der Waals surface area contributed by atoms with Crippen molar-refractivity contribution in [1.82, 2.24) is 9.21 Å². The number of rotatable bonds is 7. The molecule has 0 radical (unpaired) electrons. The van der Waals surface area contributed by atoms with Gasteiger partial charge in [0.15, 0.2) is 9.84 Å². The highest BCUT2D eigenvalue weighted by Crippen LogP contribution is 2.27. The van der Waals surface area contributed by atoms with Crippen LogP contribution in [0, 0.1) is 10.1 Å². The third kappa shape index (κ3) is 5.37. The molecule has 1 fully saturated rings. The molecular weight excluding hydrogens is 384 g/mol. The monoisotopic (exact) mass is 406 g/mol. The second-order valence-corrected chi connectivity index (χ2v) is 10.1. The van der Waals surface area contributed by atoms with Crippen molar-refractivity contribution in [3.8, 4) is 0 Å². The minimum Gasteiger partial charge on any atom is -0.378 e. The molecule has 0 aromatic heterocycles. The molecule has 12 heteroatoms. The highest BCUT2D eigenvalue weighted by Gasteiger charge is 2.23. The summed E-state index contributed by atoms with van der Waals surface area (Å²) < 4.78 is 47.5. The number of nitro benzene ring substituents is 1. The highest BCUT2D eigenvalue weighted by molar-refractivity contribution is 7.90. The number of nitrogens with zero attached hydrogens (tertiary/aromatic N) is 3. The Bertz CT molecular complexity index is 877. The first-order chi connectivity index (χ1) is 12.0. The van der Waals surface area contributed by atoms with Crippen LogP contribution < -0.4 is 5.32 Å². The topological polar surface area (TPSA) is 130 Å². The van der Waals surface area contributed by atoms with Crippen molar-refractivity contribution in [2.24, 2.45) is 0 Å². The molecule has 10 nitrogen and oxygen atoms in total. The second kappa shape index (κ2) is 7.86. The van der Waals surface area contributed by atoms with Crippen LogP contribution in [0.25, 0.3) is 0 Å². The molecule has 1 aliphatic rings. The largest absolute Gasteiger partial charge is 0.378 e. The van der Waals surface area contributed by atoms with Crippen molar-refractivity contribution in [3.63, 3.8) is 0 Å². The number of nitro groups is 1. The maximum absolute atomic E-state index is 11.5. The Morgan fingerprint density at radius 1 is 1.12 bits per heavy atom. The van der Waals surface area contributed by atoms with Gasteiger partial charge in [0.1, 0.15) is 5.69 Å². The molecule has 1 heterocycles. The number of sulfone groups is 1. The van der Waals surface area contributed by atoms with Crippen molar-refractivity contribution >= 4 is 31.2 Å². The zero-order valence-electron chi connectivity index (χ0n) is 14.6. The predicted octanol–water partition coefficient (Wildman–Crippen LogP) is -0.0126. The highest BCUT2D eigenvalue weighted by atomic mass is 32.2. The Morgan fingerprint density at radius 3 is 2.23 bits per heavy atom. The molecule has 1 saturated heterocycles. The normalized spacial score (nSPS) is 17.2. The molecule has 1 N–H and O–H groups in total. The van der Waals surface area contributed by atoms with Gasteiger partial charge < -0.3 is 5.32 Å². The zero-order valence-corrected chi connectivity index (χ0v) is 16.2. The van der Waals surface area contributed by atoms with Gasteiger partial charge in [-0.2, -0.15) is 4.31 Å². The summed E-state index contributed by atoms with van der Waals surface area (Å²) in [4.78, 5) is 12.5. The molecule has 2 rings (SSSR count). The fourth-order valence-corrected chi connectivity index (χ4v) is 4.14. The van der Waals surface area contributed by atoms with Gasteiger partial charge in [-0.3, -0.25) is 15.0 Å². The van der Waals surface area contributed by atoms with E-state index in [1.807, 2.05) is 0 Å². The van der Waals surface area contributed by atoms with E-state index in [1.54, 1.807) is 0 Å². The summed E-state index contributed by atoms with van der Waals surface area (Å²) in [7, 11) is -6.70. The van der Waals surface area contributed by atoms with E-state index in [4.69, 9.17) is 0 Å². The van der Waals surface area contributed by atoms with Crippen LogP contribution in [0.5, 0.6) is 0 Å². The molecule has 1 aliphatic heterocycles. The van der Waals surface area contributed by atoms with Crippen LogP contribution in [0.2, 0.25) is 0 Å². The SMILES string of the molecule is CS(=O)(=O)c1ccc(NCCN2CCN(S(C)(=O)=O)CC2)c([N+](=O)[O-])c1. The minimum atomic E-state index is -3.52. The summed E-state index contributed by atoms with van der Waals surface area (Å²) in [6, 6.07) is 3.76. The van der Waals surface area contributed by atoms with E-state index in [2.05, 4.69) is 10.2 Å². The third-order valence-corrected chi connectivity index (χ3v) is 6.55. The fraction of sp³-hybridized carbons (Fsp3) is 0.571. The molecule has 146 valence electrons. The van der Waals surface area contributed by atoms with E-state index in [9.17, 15) is 26.9 Å². The van der Waals surface area contributed by atoms with Gasteiger partial charge in [0.2, 0.25) is 10.0 Å². The van der Waals surface area contributed by atoms with Crippen LogP contribution in [-0.2, 0) is 19.9 Å². The number of anilines is 1. The van der Waals surface area contributed by atoms with Gasteiger partial charge in [-0.25, -0.2) is 16.8 Å². The van der Waals surface area contributed by atoms with Crippen molar-refractivity contribution < 1.29 is 21.8 Å². The standard InChI is InChI=1S/C14H22N4O6S2/c1-25(21,22)12-3-4-13(14(11-12)18(19)20)15-5-6-16-7-9-17(10-8-16)26(2,23)24/h3-4,11,15H,5-10H2,1-2H3. The summed E-state index contributed by atoms with van der Waals surface area (Å²) >= 11 is 0. The average molecular weight is 406 g/mol. The molecule has 0 atom stereocenters. The maximum atomic E-state index is 11.5. The Hall–Kier alpha value is -1.76. The van der Waals surface area contributed by atoms with Gasteiger partial charge >= 0.3 is 0 Å². The van der Waals surface area contributed by atoms with Gasteiger partial charge in [0.25, 0.3) is 5.69 Å². The van der Waals surface area contributed by atoms with Crippen LogP contribution in [0.1, 0.15) is 0 Å². The number of sulfonamides is 1. The van der Waals surface area contributed by atoms with E-state index in [0.717, 1.165) is 12.3 Å². The fourth-order valence-electron chi connectivity index (χ4n) is 2.68. The van der Waals surface area contributed by atoms with Crippen molar-refractivity contribution in [1.29, 1.82) is 0 Å². The predicted molar refractivity (Wildman–Crippen MR) is 97.6 cm³/mol. The van der Waals surface area contributed by atoms with Crippen LogP contribution in [0.4, 0.5) is 11.4 Å². The van der Waals surface area contributed by atoms with E-state index >= 15 is 0 Å². The number of hydrogen-bond acceptors (Lipinski definition) is 8. The van der Waals surface area contributed by atoms with Gasteiger partial charge in [0.05, 0.1) is 16.1 Å². The second-order valence-electron chi connectivity index (χ2n) is 6.14. The first-order valence-corrected chi connectivity index (χ1v) is 11.6. The van der Waals surface area contributed by atoms with Gasteiger partial charge in [-0.05, 0) is 12.1 Å². The van der Waals surface area contributed by atoms with E-state index in [0.29, 0.717) is 39.3 Å². The number of benzene rings is 1. The quantitative estimate of drug-likeness (QED) is 0.494. The molecule has 0 bridgehead atoms. The lowest BCUT2D eigenvalue weighted by Gasteiger charge is -2.33. The van der Waals surface area contributed by atoms with Crippen LogP contribution >= 0.6 is 0 Å². The molecule has 0 unspecified atom stereocenters. The lowest BCUT2D eigenvalue weighted by molar-refractivity contribution is -0.384. The number of hydrogen-bond donors (Lipinski definition) is 1. The smallest absolute Gasteiger partial charge is 0.293 e. The first kappa shape index (κ1) is 20.6. The molecule has 0 spiro atoms. The average Bonchev–Trinajstić information content (AvgIpc) is 2.53. The lowest BCUT2D eigenvalue weighted by Crippen LogP contribution is -2.49. The Kier molecular flexibility index (Phi) is 6.21. The van der Waals surface area contributed by atoms with E-state index < -0.39 is 24.8 Å². The van der Waals surface area contributed by atoms with Crippen LogP contribution in [0.15, 0.2) is 23.1 Å². The Morgan fingerprint density at radius 2 is 1.73 bits per heavy atom. The first-order valence-electron chi connectivity index (χ1n) is 7.88. The Balaban J connectivity index is 1.95. The van der Waals surface area contributed by atoms with Crippen molar-refractivity contribution in [3.05, 3.63) is 28.3 Å². The molecule has 1 aromatic carbocycles. The van der Waals surface area contributed by atoms with Crippen molar-refractivity contribution in [2.45, 2.75) is 4.90 Å². The Labute approximate surface area is 152 Å². The zero-order chi connectivity index (χ0) is 19.5. The summed E-state index contributed by atoms with van der Waals surface area (Å²) in [6.45, 7) is 3.01. The van der Waals surface area contributed by atoms with Gasteiger partial charge in [-0.1, -0.05) is 0 Å². The minimum absolute atomic E-state index is 0.105. The van der Waals surface area contributed by atoms with Gasteiger partial charge in [-0.15, -0.1) is 0 Å². The van der Waals surface area contributed by atoms with Crippen molar-refractivity contribution in [2.75, 3.05) is 57.1 Å². The van der Waals surface area contributed by atoms with Crippen LogP contribution in [0.3, 0.4) is 0 Å². The number of piperazine rings is 1. The molecule has 1 aromatic rings. The molecular formula is C14H22N4O6S2. The number of nitrogens with one attached hydrogen (secondary N) is 1. The maximum Gasteiger partial charge on any atom is 0.293 e. The van der Waals surface area contributed by atoms with Gasteiger partial charge in [0, 0.05) is 51.6 Å². The summed E-state index contributed by atoms with van der Waals surface area (Å²) in [5, 5.41) is 14.1.